The highest BCUT2D eigenvalue weighted by Crippen LogP contribution is 2.48. The molecule has 26 heavy (non-hydrogen) atoms. The molecule has 3 atom stereocenters. The Kier molecular flexibility index (Phi) is 4.78. The molecule has 0 aromatic heterocycles. The molecular formula is C22H23BrO3. The zero-order valence-electron chi connectivity index (χ0n) is 14.8. The smallest absolute Gasteiger partial charge is 0.306 e. The number of halogens is 1. The van der Waals surface area contributed by atoms with Crippen molar-refractivity contribution in [1.82, 2.24) is 0 Å². The second kappa shape index (κ2) is 7.07. The van der Waals surface area contributed by atoms with Crippen molar-refractivity contribution in [2.45, 2.75) is 38.0 Å². The number of rotatable bonds is 5. The standard InChI is InChI=1S/C22H23BrO3/c1-13(22(24)25)21(15-2-3-15)16-6-9-20-17(10-16)11-18(12-26-20)14-4-7-19(23)8-5-14/h4-10,13,15,18,21H,2-3,11-12H2,1H3,(H,24,25)/t13-,18?,21-/m0/s1. The van der Waals surface area contributed by atoms with Gasteiger partial charge in [-0.05, 0) is 66.0 Å². The van der Waals surface area contributed by atoms with E-state index in [1.54, 1.807) is 0 Å². The van der Waals surface area contributed by atoms with Gasteiger partial charge in [0.15, 0.2) is 0 Å². The topological polar surface area (TPSA) is 46.5 Å². The predicted octanol–water partition coefficient (Wildman–Crippen LogP) is 5.38. The molecule has 3 nitrogen and oxygen atoms in total. The minimum Gasteiger partial charge on any atom is -0.493 e. The maximum Gasteiger partial charge on any atom is 0.306 e. The Morgan fingerprint density at radius 3 is 2.58 bits per heavy atom. The molecule has 136 valence electrons. The van der Waals surface area contributed by atoms with Gasteiger partial charge in [0.25, 0.3) is 0 Å². The third-order valence-corrected chi connectivity index (χ3v) is 6.30. The molecular weight excluding hydrogens is 392 g/mol. The first kappa shape index (κ1) is 17.6. The molecule has 0 saturated heterocycles. The fourth-order valence-electron chi connectivity index (χ4n) is 4.15. The number of aliphatic carboxylic acids is 1. The van der Waals surface area contributed by atoms with Crippen LogP contribution in [0, 0.1) is 11.8 Å². The monoisotopic (exact) mass is 414 g/mol. The summed E-state index contributed by atoms with van der Waals surface area (Å²) in [6.45, 7) is 2.53. The molecule has 1 heterocycles. The van der Waals surface area contributed by atoms with Gasteiger partial charge in [-0.1, -0.05) is 47.1 Å². The number of carboxylic acid groups (broad SMARTS) is 1. The lowest BCUT2D eigenvalue weighted by Gasteiger charge is -2.28. The maximum atomic E-state index is 11.6. The summed E-state index contributed by atoms with van der Waals surface area (Å²) in [5.41, 5.74) is 3.63. The number of fused-ring (bicyclic) bond motifs is 1. The molecule has 0 amide bonds. The lowest BCUT2D eigenvalue weighted by Crippen LogP contribution is -2.22. The lowest BCUT2D eigenvalue weighted by molar-refractivity contribution is -0.142. The third kappa shape index (κ3) is 3.52. The van der Waals surface area contributed by atoms with E-state index < -0.39 is 5.97 Å². The first-order valence-corrected chi connectivity index (χ1v) is 10.1. The lowest BCUT2D eigenvalue weighted by atomic mass is 9.81. The molecule has 1 aliphatic carbocycles. The molecule has 2 aliphatic rings. The molecule has 1 fully saturated rings. The van der Waals surface area contributed by atoms with Crippen molar-refractivity contribution < 1.29 is 14.6 Å². The van der Waals surface area contributed by atoms with Crippen LogP contribution in [0.2, 0.25) is 0 Å². The molecule has 1 unspecified atom stereocenters. The van der Waals surface area contributed by atoms with E-state index in [1.807, 2.05) is 13.0 Å². The Morgan fingerprint density at radius 1 is 1.19 bits per heavy atom. The summed E-state index contributed by atoms with van der Waals surface area (Å²) >= 11 is 3.49. The normalized spacial score (nSPS) is 21.4. The summed E-state index contributed by atoms with van der Waals surface area (Å²) in [6, 6.07) is 14.7. The van der Waals surface area contributed by atoms with Crippen molar-refractivity contribution >= 4 is 21.9 Å². The van der Waals surface area contributed by atoms with Gasteiger partial charge in [0, 0.05) is 10.4 Å². The summed E-state index contributed by atoms with van der Waals surface area (Å²) < 4.78 is 7.09. The van der Waals surface area contributed by atoms with Crippen LogP contribution >= 0.6 is 15.9 Å². The Balaban J connectivity index is 1.61. The zero-order chi connectivity index (χ0) is 18.3. The quantitative estimate of drug-likeness (QED) is 0.713. The molecule has 1 N–H and O–H groups in total. The molecule has 1 aliphatic heterocycles. The first-order chi connectivity index (χ1) is 12.5. The van der Waals surface area contributed by atoms with Crippen LogP contribution < -0.4 is 4.74 Å². The van der Waals surface area contributed by atoms with Crippen LogP contribution in [-0.2, 0) is 11.2 Å². The van der Waals surface area contributed by atoms with Gasteiger partial charge in [-0.2, -0.15) is 0 Å². The number of benzene rings is 2. The van der Waals surface area contributed by atoms with Gasteiger partial charge in [0.1, 0.15) is 5.75 Å². The number of ether oxygens (including phenoxy) is 1. The average Bonchev–Trinajstić information content (AvgIpc) is 3.47. The second-order valence-electron chi connectivity index (χ2n) is 7.62. The molecule has 0 radical (unpaired) electrons. The van der Waals surface area contributed by atoms with Crippen LogP contribution in [0.15, 0.2) is 46.9 Å². The SMILES string of the molecule is C[C@H](C(=O)O)[C@H](c1ccc2c(c1)CC(c1ccc(Br)cc1)CO2)C1CC1. The molecule has 0 spiro atoms. The van der Waals surface area contributed by atoms with E-state index in [-0.39, 0.29) is 11.8 Å². The van der Waals surface area contributed by atoms with Gasteiger partial charge in [0.2, 0.25) is 0 Å². The summed E-state index contributed by atoms with van der Waals surface area (Å²) in [5, 5.41) is 9.51. The number of carboxylic acids is 1. The van der Waals surface area contributed by atoms with Crippen LogP contribution in [-0.4, -0.2) is 17.7 Å². The summed E-state index contributed by atoms with van der Waals surface area (Å²) in [5.74, 6) is 0.828. The number of hydrogen-bond acceptors (Lipinski definition) is 2. The van der Waals surface area contributed by atoms with Crippen LogP contribution in [0.3, 0.4) is 0 Å². The van der Waals surface area contributed by atoms with E-state index >= 15 is 0 Å². The minimum atomic E-state index is -0.705. The van der Waals surface area contributed by atoms with Crippen molar-refractivity contribution in [2.24, 2.45) is 11.8 Å². The summed E-state index contributed by atoms with van der Waals surface area (Å²) in [6.07, 6.45) is 3.21. The predicted molar refractivity (Wildman–Crippen MR) is 105 cm³/mol. The van der Waals surface area contributed by atoms with Gasteiger partial charge in [-0.15, -0.1) is 0 Å². The summed E-state index contributed by atoms with van der Waals surface area (Å²) in [7, 11) is 0. The molecule has 1 saturated carbocycles. The highest BCUT2D eigenvalue weighted by molar-refractivity contribution is 9.10. The van der Waals surface area contributed by atoms with Crippen molar-refractivity contribution in [3.63, 3.8) is 0 Å². The highest BCUT2D eigenvalue weighted by Gasteiger charge is 2.39. The molecule has 4 heteroatoms. The van der Waals surface area contributed by atoms with Crippen LogP contribution in [0.1, 0.15) is 48.3 Å². The van der Waals surface area contributed by atoms with Crippen molar-refractivity contribution in [2.75, 3.05) is 6.61 Å². The molecule has 4 rings (SSSR count). The third-order valence-electron chi connectivity index (χ3n) is 5.78. The van der Waals surface area contributed by atoms with E-state index in [0.717, 1.165) is 35.0 Å². The van der Waals surface area contributed by atoms with Gasteiger partial charge >= 0.3 is 5.97 Å². The first-order valence-electron chi connectivity index (χ1n) is 9.27. The minimum absolute atomic E-state index is 0.103. The Hall–Kier alpha value is -1.81. The molecule has 2 aromatic carbocycles. The highest BCUT2D eigenvalue weighted by atomic mass is 79.9. The van der Waals surface area contributed by atoms with Crippen LogP contribution in [0.5, 0.6) is 5.75 Å². The van der Waals surface area contributed by atoms with E-state index in [0.29, 0.717) is 18.4 Å². The van der Waals surface area contributed by atoms with E-state index in [1.165, 1.54) is 11.1 Å². The zero-order valence-corrected chi connectivity index (χ0v) is 16.4. The number of hydrogen-bond donors (Lipinski definition) is 1. The largest absolute Gasteiger partial charge is 0.493 e. The van der Waals surface area contributed by atoms with Gasteiger partial charge < -0.3 is 9.84 Å². The fourth-order valence-corrected chi connectivity index (χ4v) is 4.41. The second-order valence-corrected chi connectivity index (χ2v) is 8.54. The van der Waals surface area contributed by atoms with Gasteiger partial charge in [0.05, 0.1) is 12.5 Å². The van der Waals surface area contributed by atoms with Crippen molar-refractivity contribution in [1.29, 1.82) is 0 Å². The Morgan fingerprint density at radius 2 is 1.92 bits per heavy atom. The number of carbonyl (C=O) groups is 1. The van der Waals surface area contributed by atoms with Gasteiger partial charge in [-0.3, -0.25) is 4.79 Å². The van der Waals surface area contributed by atoms with Crippen LogP contribution in [0.25, 0.3) is 0 Å². The maximum absolute atomic E-state index is 11.6. The molecule has 2 aromatic rings. The van der Waals surface area contributed by atoms with Crippen LogP contribution in [0.4, 0.5) is 0 Å². The Labute approximate surface area is 162 Å². The fraction of sp³-hybridized carbons (Fsp3) is 0.409. The van der Waals surface area contributed by atoms with Crippen molar-refractivity contribution in [3.8, 4) is 5.75 Å². The summed E-state index contributed by atoms with van der Waals surface area (Å²) in [4.78, 5) is 11.6. The van der Waals surface area contributed by atoms with E-state index in [9.17, 15) is 9.90 Å². The van der Waals surface area contributed by atoms with E-state index in [4.69, 9.17) is 4.74 Å². The van der Waals surface area contributed by atoms with Crippen molar-refractivity contribution in [3.05, 3.63) is 63.6 Å². The Bertz CT molecular complexity index is 811. The average molecular weight is 415 g/mol. The van der Waals surface area contributed by atoms with Gasteiger partial charge in [-0.25, -0.2) is 0 Å². The molecule has 0 bridgehead atoms. The van der Waals surface area contributed by atoms with E-state index in [2.05, 4.69) is 52.3 Å².